The number of halogens is 1. The first-order valence-corrected chi connectivity index (χ1v) is 7.18. The minimum atomic E-state index is -3.95. The van der Waals surface area contributed by atoms with Gasteiger partial charge in [0, 0.05) is 17.0 Å². The van der Waals surface area contributed by atoms with Crippen LogP contribution in [-0.4, -0.2) is 18.7 Å². The number of nitro groups is 1. The summed E-state index contributed by atoms with van der Waals surface area (Å²) in [5.41, 5.74) is 0.120. The van der Waals surface area contributed by atoms with E-state index in [2.05, 4.69) is 0 Å². The maximum atomic E-state index is 11.1. The summed E-state index contributed by atoms with van der Waals surface area (Å²) in [7, 11) is -3.95. The summed E-state index contributed by atoms with van der Waals surface area (Å²) < 4.78 is 22.3. The average molecular weight is 293 g/mol. The van der Waals surface area contributed by atoms with Crippen LogP contribution in [0.1, 0.15) is 18.9 Å². The monoisotopic (exact) mass is 292 g/mol. The Bertz CT molecular complexity index is 559. The number of rotatable bonds is 5. The summed E-state index contributed by atoms with van der Waals surface area (Å²) in [5, 5.41) is 15.6. The molecule has 6 nitrogen and oxygen atoms in total. The number of alkyl halides is 1. The zero-order valence-corrected chi connectivity index (χ0v) is 11.2. The third kappa shape index (κ3) is 3.66. The predicted molar refractivity (Wildman–Crippen MR) is 68.1 cm³/mol. The fourth-order valence-electron chi connectivity index (χ4n) is 1.45. The molecule has 8 heteroatoms. The van der Waals surface area contributed by atoms with Gasteiger partial charge in [0.25, 0.3) is 5.69 Å². The molecule has 0 spiro atoms. The molecular formula is C10H13ClN2O4S. The molecule has 0 radical (unpaired) electrons. The fourth-order valence-corrected chi connectivity index (χ4v) is 2.15. The van der Waals surface area contributed by atoms with Gasteiger partial charge >= 0.3 is 0 Å². The van der Waals surface area contributed by atoms with Gasteiger partial charge in [0.05, 0.1) is 9.82 Å². The summed E-state index contributed by atoms with van der Waals surface area (Å²) in [6, 6.07) is 3.59. The largest absolute Gasteiger partial charge is 0.273 e. The highest BCUT2D eigenvalue weighted by Gasteiger charge is 2.20. The highest BCUT2D eigenvalue weighted by atomic mass is 35.5. The van der Waals surface area contributed by atoms with Crippen LogP contribution in [0.5, 0.6) is 0 Å². The van der Waals surface area contributed by atoms with Crippen molar-refractivity contribution in [3.63, 3.8) is 0 Å². The minimum Gasteiger partial charge on any atom is -0.258 e. The number of nitro benzene ring substituents is 1. The maximum Gasteiger partial charge on any atom is 0.273 e. The number of hydrogen-bond donors (Lipinski definition) is 1. The van der Waals surface area contributed by atoms with Gasteiger partial charge in [-0.2, -0.15) is 0 Å². The second kappa shape index (κ2) is 5.64. The molecular weight excluding hydrogens is 280 g/mol. The van der Waals surface area contributed by atoms with E-state index in [4.69, 9.17) is 16.7 Å². The van der Waals surface area contributed by atoms with Crippen molar-refractivity contribution in [2.75, 3.05) is 0 Å². The Morgan fingerprint density at radius 3 is 2.56 bits per heavy atom. The maximum absolute atomic E-state index is 11.1. The first-order chi connectivity index (χ1) is 8.25. The van der Waals surface area contributed by atoms with E-state index in [0.717, 1.165) is 6.07 Å². The summed E-state index contributed by atoms with van der Waals surface area (Å²) in [6.07, 6.45) is 0.967. The van der Waals surface area contributed by atoms with Gasteiger partial charge in [-0.25, -0.2) is 13.6 Å². The predicted octanol–water partition coefficient (Wildman–Crippen LogP) is 1.80. The van der Waals surface area contributed by atoms with E-state index in [1.807, 2.05) is 6.92 Å². The van der Waals surface area contributed by atoms with Crippen LogP contribution in [0.4, 0.5) is 5.69 Å². The smallest absolute Gasteiger partial charge is 0.258 e. The van der Waals surface area contributed by atoms with Crippen LogP contribution in [-0.2, 0) is 16.4 Å². The van der Waals surface area contributed by atoms with Crippen LogP contribution in [0.15, 0.2) is 23.1 Å². The zero-order valence-electron chi connectivity index (χ0n) is 9.67. The molecule has 0 aromatic heterocycles. The van der Waals surface area contributed by atoms with E-state index in [0.29, 0.717) is 18.4 Å². The van der Waals surface area contributed by atoms with Crippen LogP contribution in [0.2, 0.25) is 0 Å². The molecule has 0 bridgehead atoms. The van der Waals surface area contributed by atoms with Crippen molar-refractivity contribution >= 4 is 27.3 Å². The number of nitrogens with two attached hydrogens (primary N) is 1. The van der Waals surface area contributed by atoms with E-state index in [1.54, 1.807) is 0 Å². The molecule has 0 aliphatic heterocycles. The third-order valence-electron chi connectivity index (χ3n) is 2.47. The van der Waals surface area contributed by atoms with Crippen molar-refractivity contribution in [1.29, 1.82) is 0 Å². The lowest BCUT2D eigenvalue weighted by Crippen LogP contribution is -2.13. The molecule has 0 heterocycles. The van der Waals surface area contributed by atoms with Crippen molar-refractivity contribution < 1.29 is 13.3 Å². The number of benzene rings is 1. The van der Waals surface area contributed by atoms with Gasteiger partial charge in [-0.15, -0.1) is 11.6 Å². The lowest BCUT2D eigenvalue weighted by Gasteiger charge is -2.08. The number of hydrogen-bond acceptors (Lipinski definition) is 4. The van der Waals surface area contributed by atoms with E-state index in [-0.39, 0.29) is 16.0 Å². The van der Waals surface area contributed by atoms with E-state index < -0.39 is 14.9 Å². The molecule has 1 unspecified atom stereocenters. The molecule has 1 atom stereocenters. The first-order valence-electron chi connectivity index (χ1n) is 5.20. The van der Waals surface area contributed by atoms with Gasteiger partial charge < -0.3 is 0 Å². The summed E-state index contributed by atoms with van der Waals surface area (Å²) in [6.45, 7) is 1.86. The molecule has 1 rings (SSSR count). The molecule has 0 aliphatic carbocycles. The lowest BCUT2D eigenvalue weighted by molar-refractivity contribution is -0.385. The first kappa shape index (κ1) is 14.9. The molecule has 0 aliphatic rings. The second-order valence-corrected chi connectivity index (χ2v) is 5.98. The Morgan fingerprint density at radius 2 is 2.11 bits per heavy atom. The topological polar surface area (TPSA) is 103 Å². The molecule has 100 valence electrons. The Hall–Kier alpha value is -1.18. The molecule has 0 saturated heterocycles. The lowest BCUT2D eigenvalue weighted by atomic mass is 10.1. The molecule has 0 saturated carbocycles. The quantitative estimate of drug-likeness (QED) is 0.507. The average Bonchev–Trinajstić information content (AvgIpc) is 2.27. The summed E-state index contributed by atoms with van der Waals surface area (Å²) in [5.74, 6) is 0. The highest BCUT2D eigenvalue weighted by Crippen LogP contribution is 2.25. The van der Waals surface area contributed by atoms with Crippen LogP contribution >= 0.6 is 11.6 Å². The Balaban J connectivity index is 3.25. The van der Waals surface area contributed by atoms with Gasteiger partial charge in [0.1, 0.15) is 0 Å². The van der Waals surface area contributed by atoms with E-state index in [9.17, 15) is 18.5 Å². The van der Waals surface area contributed by atoms with E-state index in [1.165, 1.54) is 12.1 Å². The van der Waals surface area contributed by atoms with Crippen molar-refractivity contribution in [1.82, 2.24) is 0 Å². The molecule has 0 amide bonds. The van der Waals surface area contributed by atoms with Crippen LogP contribution in [0.3, 0.4) is 0 Å². The minimum absolute atomic E-state index is 0.232. The molecule has 0 fully saturated rings. The van der Waals surface area contributed by atoms with Crippen molar-refractivity contribution in [3.8, 4) is 0 Å². The van der Waals surface area contributed by atoms with Crippen LogP contribution < -0.4 is 5.14 Å². The number of primary sulfonamides is 1. The molecule has 1 aromatic carbocycles. The Labute approximate surface area is 110 Å². The summed E-state index contributed by atoms with van der Waals surface area (Å²) >= 11 is 5.94. The molecule has 18 heavy (non-hydrogen) atoms. The molecule has 1 aromatic rings. The van der Waals surface area contributed by atoms with Gasteiger partial charge in [-0.3, -0.25) is 10.1 Å². The zero-order chi connectivity index (χ0) is 13.9. The van der Waals surface area contributed by atoms with Crippen molar-refractivity contribution in [2.24, 2.45) is 5.14 Å². The Kier molecular flexibility index (Phi) is 4.66. The van der Waals surface area contributed by atoms with Crippen LogP contribution in [0.25, 0.3) is 0 Å². The number of sulfonamides is 1. The van der Waals surface area contributed by atoms with Gasteiger partial charge in [-0.1, -0.05) is 13.0 Å². The number of nitrogens with zero attached hydrogens (tertiary/aromatic N) is 1. The second-order valence-electron chi connectivity index (χ2n) is 3.80. The van der Waals surface area contributed by atoms with Gasteiger partial charge in [0.2, 0.25) is 10.0 Å². The van der Waals surface area contributed by atoms with Gasteiger partial charge in [-0.05, 0) is 18.9 Å². The van der Waals surface area contributed by atoms with E-state index >= 15 is 0 Å². The highest BCUT2D eigenvalue weighted by molar-refractivity contribution is 7.89. The Morgan fingerprint density at radius 1 is 1.50 bits per heavy atom. The van der Waals surface area contributed by atoms with Gasteiger partial charge in [0.15, 0.2) is 0 Å². The normalized spacial score (nSPS) is 13.3. The summed E-state index contributed by atoms with van der Waals surface area (Å²) in [4.78, 5) is 9.98. The van der Waals surface area contributed by atoms with Crippen molar-refractivity contribution in [3.05, 3.63) is 33.9 Å². The third-order valence-corrected chi connectivity index (χ3v) is 3.84. The SMILES string of the molecule is CCC(Cl)Cc1ccc(S(N)(=O)=O)cc1[N+](=O)[O-]. The molecule has 2 N–H and O–H groups in total. The van der Waals surface area contributed by atoms with Crippen molar-refractivity contribution in [2.45, 2.75) is 30.0 Å². The van der Waals surface area contributed by atoms with Crippen LogP contribution in [0, 0.1) is 10.1 Å². The standard InChI is InChI=1S/C10H13ClN2O4S/c1-2-8(11)5-7-3-4-9(18(12,16)17)6-10(7)13(14)15/h3-4,6,8H,2,5H2,1H3,(H2,12,16,17). The fraction of sp³-hybridized carbons (Fsp3) is 0.400.